The number of nitrogens with zero attached hydrogens (tertiary/aromatic N) is 1. The van der Waals surface area contributed by atoms with E-state index in [1.807, 2.05) is 18.2 Å². The van der Waals surface area contributed by atoms with Gasteiger partial charge in [0.2, 0.25) is 0 Å². The van der Waals surface area contributed by atoms with Gasteiger partial charge in [-0.05, 0) is 78.1 Å². The first-order valence-corrected chi connectivity index (χ1v) is 11.3. The van der Waals surface area contributed by atoms with Crippen molar-refractivity contribution in [3.63, 3.8) is 0 Å². The molecule has 3 aromatic carbocycles. The highest BCUT2D eigenvalue weighted by molar-refractivity contribution is 5.45. The van der Waals surface area contributed by atoms with E-state index in [2.05, 4.69) is 19.1 Å². The lowest BCUT2D eigenvalue weighted by Crippen LogP contribution is -2.08. The zero-order chi connectivity index (χ0) is 22.5. The molecule has 1 N–H and O–H groups in total. The van der Waals surface area contributed by atoms with Crippen LogP contribution < -0.4 is 4.74 Å². The number of non-ortho nitro benzene ring substituents is 1. The molecule has 0 radical (unpaired) electrons. The summed E-state index contributed by atoms with van der Waals surface area (Å²) in [5, 5.41) is 20.5. The molecule has 0 bridgehead atoms. The van der Waals surface area contributed by atoms with E-state index >= 15 is 0 Å². The standard InChI is InChI=1S/C27H29NO4/c1-19(17-20-7-12-24(29)13-8-20)22-9-16-27(26(18-22)21-5-3-2-4-6-21)32-25-14-10-23(11-15-25)28(30)31/h7-16,18-19,21,29H,2-6,17H2,1H3. The Morgan fingerprint density at radius 3 is 2.34 bits per heavy atom. The van der Waals surface area contributed by atoms with Gasteiger partial charge < -0.3 is 9.84 Å². The quantitative estimate of drug-likeness (QED) is 0.311. The fourth-order valence-corrected chi connectivity index (χ4v) is 4.57. The summed E-state index contributed by atoms with van der Waals surface area (Å²) < 4.78 is 6.21. The Bertz CT molecular complexity index is 1050. The van der Waals surface area contributed by atoms with Gasteiger partial charge >= 0.3 is 0 Å². The van der Waals surface area contributed by atoms with Crippen molar-refractivity contribution < 1.29 is 14.8 Å². The molecule has 1 atom stereocenters. The minimum absolute atomic E-state index is 0.0586. The Labute approximate surface area is 188 Å². The summed E-state index contributed by atoms with van der Waals surface area (Å²) in [6.45, 7) is 2.23. The predicted molar refractivity (Wildman–Crippen MR) is 126 cm³/mol. The molecule has 1 aliphatic rings. The van der Waals surface area contributed by atoms with E-state index in [9.17, 15) is 15.2 Å². The summed E-state index contributed by atoms with van der Waals surface area (Å²) >= 11 is 0. The van der Waals surface area contributed by atoms with Crippen molar-refractivity contribution in [1.29, 1.82) is 0 Å². The van der Waals surface area contributed by atoms with Crippen LogP contribution in [-0.2, 0) is 6.42 Å². The molecular weight excluding hydrogens is 402 g/mol. The van der Waals surface area contributed by atoms with Gasteiger partial charge in [-0.1, -0.05) is 50.5 Å². The van der Waals surface area contributed by atoms with Gasteiger partial charge in [-0.3, -0.25) is 10.1 Å². The summed E-state index contributed by atoms with van der Waals surface area (Å²) in [5.74, 6) is 2.53. The first kappa shape index (κ1) is 21.9. The van der Waals surface area contributed by atoms with Crippen LogP contribution in [-0.4, -0.2) is 10.0 Å². The summed E-state index contributed by atoms with van der Waals surface area (Å²) in [6.07, 6.45) is 6.96. The van der Waals surface area contributed by atoms with E-state index in [-0.39, 0.29) is 11.4 Å². The summed E-state index contributed by atoms with van der Waals surface area (Å²) in [4.78, 5) is 10.5. The van der Waals surface area contributed by atoms with Crippen LogP contribution in [0.5, 0.6) is 17.2 Å². The number of hydrogen-bond acceptors (Lipinski definition) is 4. The van der Waals surface area contributed by atoms with Crippen LogP contribution >= 0.6 is 0 Å². The Hall–Kier alpha value is -3.34. The maximum atomic E-state index is 10.9. The van der Waals surface area contributed by atoms with Gasteiger partial charge in [0.25, 0.3) is 5.69 Å². The number of hydrogen-bond donors (Lipinski definition) is 1. The third-order valence-electron chi connectivity index (χ3n) is 6.40. The Morgan fingerprint density at radius 2 is 1.69 bits per heavy atom. The fourth-order valence-electron chi connectivity index (χ4n) is 4.57. The van der Waals surface area contributed by atoms with Crippen molar-refractivity contribution in [3.8, 4) is 17.2 Å². The molecule has 166 valence electrons. The fraction of sp³-hybridized carbons (Fsp3) is 0.333. The SMILES string of the molecule is CC(Cc1ccc(O)cc1)c1ccc(Oc2ccc([N+](=O)[O-])cc2)c(C2CCCCC2)c1. The predicted octanol–water partition coefficient (Wildman–Crippen LogP) is 7.49. The Balaban J connectivity index is 1.59. The van der Waals surface area contributed by atoms with Crippen molar-refractivity contribution >= 4 is 5.69 Å². The van der Waals surface area contributed by atoms with Crippen molar-refractivity contribution in [2.45, 2.75) is 57.3 Å². The Morgan fingerprint density at radius 1 is 1.00 bits per heavy atom. The number of phenolic OH excluding ortho intramolecular Hbond substituents is 1. The highest BCUT2D eigenvalue weighted by Crippen LogP contribution is 2.41. The molecular formula is C27H29NO4. The molecule has 0 spiro atoms. The molecule has 1 saturated carbocycles. The van der Waals surface area contributed by atoms with Crippen LogP contribution in [0.1, 0.15) is 67.6 Å². The Kier molecular flexibility index (Phi) is 6.74. The zero-order valence-electron chi connectivity index (χ0n) is 18.4. The van der Waals surface area contributed by atoms with Gasteiger partial charge in [-0.15, -0.1) is 0 Å². The molecule has 4 rings (SSSR count). The summed E-state index contributed by atoms with van der Waals surface area (Å²) in [7, 11) is 0. The molecule has 0 heterocycles. The highest BCUT2D eigenvalue weighted by Gasteiger charge is 2.21. The second-order valence-electron chi connectivity index (χ2n) is 8.76. The molecule has 1 aliphatic carbocycles. The van der Waals surface area contributed by atoms with E-state index < -0.39 is 4.92 Å². The van der Waals surface area contributed by atoms with Crippen molar-refractivity contribution in [2.24, 2.45) is 0 Å². The van der Waals surface area contributed by atoms with E-state index in [0.29, 0.717) is 17.6 Å². The number of aromatic hydroxyl groups is 1. The molecule has 0 aliphatic heterocycles. The summed E-state index contributed by atoms with van der Waals surface area (Å²) in [6, 6.07) is 20.1. The number of rotatable bonds is 7. The minimum Gasteiger partial charge on any atom is -0.508 e. The monoisotopic (exact) mass is 431 g/mol. The molecule has 3 aromatic rings. The molecule has 1 fully saturated rings. The smallest absolute Gasteiger partial charge is 0.269 e. The third-order valence-corrected chi connectivity index (χ3v) is 6.40. The van der Waals surface area contributed by atoms with Gasteiger partial charge in [0.05, 0.1) is 4.92 Å². The second-order valence-corrected chi connectivity index (χ2v) is 8.76. The molecule has 5 heteroatoms. The van der Waals surface area contributed by atoms with E-state index in [1.54, 1.807) is 24.3 Å². The lowest BCUT2D eigenvalue weighted by molar-refractivity contribution is -0.384. The maximum Gasteiger partial charge on any atom is 0.269 e. The average molecular weight is 432 g/mol. The normalized spacial score (nSPS) is 15.3. The molecule has 0 saturated heterocycles. The maximum absolute atomic E-state index is 10.9. The lowest BCUT2D eigenvalue weighted by atomic mass is 9.82. The van der Waals surface area contributed by atoms with Gasteiger partial charge in [0.15, 0.2) is 0 Å². The zero-order valence-corrected chi connectivity index (χ0v) is 18.4. The van der Waals surface area contributed by atoms with Gasteiger partial charge in [-0.25, -0.2) is 0 Å². The number of phenols is 1. The molecule has 1 unspecified atom stereocenters. The van der Waals surface area contributed by atoms with Crippen LogP contribution in [0.4, 0.5) is 5.69 Å². The van der Waals surface area contributed by atoms with Crippen molar-refractivity contribution in [1.82, 2.24) is 0 Å². The van der Waals surface area contributed by atoms with Crippen LogP contribution in [0.3, 0.4) is 0 Å². The number of benzene rings is 3. The van der Waals surface area contributed by atoms with E-state index in [0.717, 1.165) is 25.0 Å². The van der Waals surface area contributed by atoms with Crippen LogP contribution in [0.2, 0.25) is 0 Å². The third kappa shape index (κ3) is 5.28. The molecule has 0 aromatic heterocycles. The van der Waals surface area contributed by atoms with Gasteiger partial charge in [0.1, 0.15) is 17.2 Å². The van der Waals surface area contributed by atoms with Crippen LogP contribution in [0.25, 0.3) is 0 Å². The van der Waals surface area contributed by atoms with Gasteiger partial charge in [0, 0.05) is 12.1 Å². The average Bonchev–Trinajstić information content (AvgIpc) is 2.81. The highest BCUT2D eigenvalue weighted by atomic mass is 16.6. The van der Waals surface area contributed by atoms with E-state index in [4.69, 9.17) is 4.74 Å². The van der Waals surface area contributed by atoms with Crippen molar-refractivity contribution in [3.05, 3.63) is 93.5 Å². The molecule has 5 nitrogen and oxygen atoms in total. The summed E-state index contributed by atoms with van der Waals surface area (Å²) in [5.41, 5.74) is 3.76. The first-order chi connectivity index (χ1) is 15.5. The minimum atomic E-state index is -0.401. The second kappa shape index (κ2) is 9.86. The number of nitro benzene ring substituents is 1. The van der Waals surface area contributed by atoms with Crippen LogP contribution in [0.15, 0.2) is 66.7 Å². The first-order valence-electron chi connectivity index (χ1n) is 11.3. The topological polar surface area (TPSA) is 72.6 Å². The number of ether oxygens (including phenoxy) is 1. The lowest BCUT2D eigenvalue weighted by Gasteiger charge is -2.25. The van der Waals surface area contributed by atoms with Crippen molar-refractivity contribution in [2.75, 3.05) is 0 Å². The van der Waals surface area contributed by atoms with E-state index in [1.165, 1.54) is 48.1 Å². The molecule has 32 heavy (non-hydrogen) atoms. The largest absolute Gasteiger partial charge is 0.508 e. The molecule has 0 amide bonds. The number of nitro groups is 1. The van der Waals surface area contributed by atoms with Gasteiger partial charge in [-0.2, -0.15) is 0 Å². The van der Waals surface area contributed by atoms with Crippen LogP contribution in [0, 0.1) is 10.1 Å².